The molecule has 0 radical (unpaired) electrons. The molecule has 35 heavy (non-hydrogen) atoms. The maximum atomic E-state index is 12.9. The Morgan fingerprint density at radius 3 is 2.14 bits per heavy atom. The summed E-state index contributed by atoms with van der Waals surface area (Å²) in [5.74, 6) is -1.01. The summed E-state index contributed by atoms with van der Waals surface area (Å²) in [7, 11) is 0. The molecule has 0 aromatic heterocycles. The van der Waals surface area contributed by atoms with Gasteiger partial charge in [0.05, 0.1) is 17.2 Å². The average molecular weight is 498 g/mol. The maximum Gasteiger partial charge on any atom is 0.343 e. The van der Waals surface area contributed by atoms with Gasteiger partial charge in [0, 0.05) is 12.1 Å². The molecule has 7 heteroatoms. The minimum absolute atomic E-state index is 0. The molecule has 1 atom stereocenters. The van der Waals surface area contributed by atoms with Crippen LogP contribution in [0.25, 0.3) is 0 Å². The van der Waals surface area contributed by atoms with Crippen LogP contribution in [0.15, 0.2) is 66.7 Å². The van der Waals surface area contributed by atoms with Gasteiger partial charge in [0.25, 0.3) is 0 Å². The van der Waals surface area contributed by atoms with Gasteiger partial charge in [-0.25, -0.2) is 9.59 Å². The third-order valence-corrected chi connectivity index (χ3v) is 5.24. The summed E-state index contributed by atoms with van der Waals surface area (Å²) in [6.07, 6.45) is -0.850. The lowest BCUT2D eigenvalue weighted by Gasteiger charge is -2.23. The van der Waals surface area contributed by atoms with Crippen LogP contribution < -0.4 is 14.8 Å². The van der Waals surface area contributed by atoms with Gasteiger partial charge in [-0.05, 0) is 76.1 Å². The molecule has 0 aliphatic carbocycles. The van der Waals surface area contributed by atoms with E-state index in [2.05, 4.69) is 5.32 Å². The van der Waals surface area contributed by atoms with Crippen molar-refractivity contribution < 1.29 is 24.2 Å². The van der Waals surface area contributed by atoms with Gasteiger partial charge in [-0.2, -0.15) is 0 Å². The van der Waals surface area contributed by atoms with Gasteiger partial charge < -0.3 is 19.9 Å². The van der Waals surface area contributed by atoms with Crippen LogP contribution in [0.4, 0.5) is 0 Å². The number of nitrogens with one attached hydrogen (secondary N) is 1. The van der Waals surface area contributed by atoms with Crippen molar-refractivity contribution in [2.45, 2.75) is 46.3 Å². The Morgan fingerprint density at radius 2 is 1.51 bits per heavy atom. The van der Waals surface area contributed by atoms with E-state index in [1.165, 1.54) is 12.1 Å². The van der Waals surface area contributed by atoms with E-state index in [-0.39, 0.29) is 29.4 Å². The highest BCUT2D eigenvalue weighted by Crippen LogP contribution is 2.32. The zero-order valence-electron chi connectivity index (χ0n) is 20.6. The molecule has 3 rings (SSSR count). The number of carbonyl (C=O) groups is 2. The quantitative estimate of drug-likeness (QED) is 0.327. The summed E-state index contributed by atoms with van der Waals surface area (Å²) in [4.78, 5) is 25.6. The van der Waals surface area contributed by atoms with E-state index >= 15 is 0 Å². The van der Waals surface area contributed by atoms with Crippen LogP contribution in [0.2, 0.25) is 0 Å². The fourth-order valence-corrected chi connectivity index (χ4v) is 3.22. The predicted molar refractivity (Wildman–Crippen MR) is 139 cm³/mol. The third-order valence-electron chi connectivity index (χ3n) is 5.24. The maximum absolute atomic E-state index is 12.9. The molecule has 186 valence electrons. The van der Waals surface area contributed by atoms with E-state index in [0.717, 1.165) is 11.1 Å². The second-order valence-electron chi connectivity index (χ2n) is 9.31. The Bertz CT molecular complexity index is 1170. The number of halogens is 1. The van der Waals surface area contributed by atoms with Crippen LogP contribution in [-0.4, -0.2) is 29.1 Å². The lowest BCUT2D eigenvalue weighted by Crippen LogP contribution is -2.38. The summed E-state index contributed by atoms with van der Waals surface area (Å²) in [5.41, 5.74) is 2.91. The molecule has 0 aliphatic rings. The minimum Gasteiger partial charge on any atom is -0.419 e. The Kier molecular flexibility index (Phi) is 9.60. The highest BCUT2D eigenvalue weighted by Gasteiger charge is 2.20. The normalized spacial score (nSPS) is 11.8. The fourth-order valence-electron chi connectivity index (χ4n) is 3.22. The van der Waals surface area contributed by atoms with Gasteiger partial charge in [-0.1, -0.05) is 42.0 Å². The lowest BCUT2D eigenvalue weighted by atomic mass is 10.1. The topological polar surface area (TPSA) is 84.9 Å². The predicted octanol–water partition coefficient (Wildman–Crippen LogP) is 5.59. The molecule has 0 spiro atoms. The molecule has 3 aromatic rings. The highest BCUT2D eigenvalue weighted by atomic mass is 35.5. The number of aryl methyl sites for hydroxylation is 2. The number of β-amino-alcohol motifs (C(OH)–C–C–N with tert-alkyl or cyclic N) is 1. The standard InChI is InChI=1S/C28H31NO5.ClH/c1-18-10-12-20(13-11-18)26(31)33-24-15-14-21(23(30)17-29-28(3,4)5)16-25(24)34-27(32)22-9-7-6-8-19(22)2;/h6-16,23,29-30H,17H2,1-5H3;1H. The zero-order chi connectivity index (χ0) is 24.9. The number of esters is 2. The van der Waals surface area contributed by atoms with Crippen molar-refractivity contribution in [1.82, 2.24) is 5.32 Å². The Hall–Kier alpha value is -3.19. The third kappa shape index (κ3) is 7.92. The van der Waals surface area contributed by atoms with Crippen molar-refractivity contribution in [3.63, 3.8) is 0 Å². The second-order valence-corrected chi connectivity index (χ2v) is 9.31. The lowest BCUT2D eigenvalue weighted by molar-refractivity contribution is 0.0681. The van der Waals surface area contributed by atoms with Crippen LogP contribution in [0.3, 0.4) is 0 Å². The molecule has 0 bridgehead atoms. The van der Waals surface area contributed by atoms with Crippen LogP contribution in [0.5, 0.6) is 11.5 Å². The Morgan fingerprint density at radius 1 is 0.886 bits per heavy atom. The number of ether oxygens (including phenoxy) is 2. The largest absolute Gasteiger partial charge is 0.419 e. The van der Waals surface area contributed by atoms with Gasteiger partial charge >= 0.3 is 11.9 Å². The van der Waals surface area contributed by atoms with Crippen molar-refractivity contribution in [1.29, 1.82) is 0 Å². The number of aliphatic hydroxyl groups excluding tert-OH is 1. The number of benzene rings is 3. The molecular weight excluding hydrogens is 466 g/mol. The summed E-state index contributed by atoms with van der Waals surface area (Å²) >= 11 is 0. The van der Waals surface area contributed by atoms with Crippen LogP contribution in [-0.2, 0) is 0 Å². The molecule has 3 aromatic carbocycles. The van der Waals surface area contributed by atoms with Crippen molar-refractivity contribution in [3.05, 3.63) is 94.5 Å². The zero-order valence-corrected chi connectivity index (χ0v) is 21.4. The van der Waals surface area contributed by atoms with E-state index in [4.69, 9.17) is 9.47 Å². The van der Waals surface area contributed by atoms with E-state index in [1.807, 2.05) is 58.9 Å². The van der Waals surface area contributed by atoms with Gasteiger partial charge in [0.2, 0.25) is 0 Å². The van der Waals surface area contributed by atoms with E-state index in [0.29, 0.717) is 23.2 Å². The highest BCUT2D eigenvalue weighted by molar-refractivity contribution is 5.94. The minimum atomic E-state index is -0.850. The van der Waals surface area contributed by atoms with E-state index in [1.54, 1.807) is 30.3 Å². The van der Waals surface area contributed by atoms with E-state index < -0.39 is 18.0 Å². The summed E-state index contributed by atoms with van der Waals surface area (Å²) in [6.45, 7) is 10.1. The number of hydrogen-bond acceptors (Lipinski definition) is 6. The monoisotopic (exact) mass is 497 g/mol. The molecule has 0 amide bonds. The summed E-state index contributed by atoms with van der Waals surface area (Å²) < 4.78 is 11.2. The SMILES string of the molecule is Cc1ccc(C(=O)Oc2ccc(C(O)CNC(C)(C)C)cc2OC(=O)c2ccccc2C)cc1.Cl. The van der Waals surface area contributed by atoms with Crippen molar-refractivity contribution in [2.75, 3.05) is 6.54 Å². The summed E-state index contributed by atoms with van der Waals surface area (Å²) in [5, 5.41) is 13.9. The van der Waals surface area contributed by atoms with Crippen molar-refractivity contribution in [2.24, 2.45) is 0 Å². The first-order valence-corrected chi connectivity index (χ1v) is 11.2. The summed E-state index contributed by atoms with van der Waals surface area (Å²) in [6, 6.07) is 18.8. The van der Waals surface area contributed by atoms with Crippen LogP contribution >= 0.6 is 12.4 Å². The first-order valence-electron chi connectivity index (χ1n) is 11.2. The van der Waals surface area contributed by atoms with Crippen LogP contribution in [0.1, 0.15) is 64.3 Å². The Balaban J connectivity index is 0.00000432. The van der Waals surface area contributed by atoms with E-state index in [9.17, 15) is 14.7 Å². The molecule has 0 saturated heterocycles. The molecule has 0 heterocycles. The Labute approximate surface area is 212 Å². The number of aliphatic hydroxyl groups is 1. The number of hydrogen-bond donors (Lipinski definition) is 2. The van der Waals surface area contributed by atoms with Gasteiger partial charge in [0.15, 0.2) is 11.5 Å². The molecule has 2 N–H and O–H groups in total. The van der Waals surface area contributed by atoms with Crippen molar-refractivity contribution in [3.8, 4) is 11.5 Å². The van der Waals surface area contributed by atoms with Gasteiger partial charge in [0.1, 0.15) is 0 Å². The molecule has 0 aliphatic heterocycles. The number of rotatable bonds is 7. The van der Waals surface area contributed by atoms with Crippen LogP contribution in [0, 0.1) is 13.8 Å². The molecule has 0 fully saturated rings. The van der Waals surface area contributed by atoms with Gasteiger partial charge in [-0.15, -0.1) is 12.4 Å². The second kappa shape index (κ2) is 12.0. The smallest absolute Gasteiger partial charge is 0.343 e. The molecule has 6 nitrogen and oxygen atoms in total. The fraction of sp³-hybridized carbons (Fsp3) is 0.286. The first-order chi connectivity index (χ1) is 16.0. The molecular formula is C28H32ClNO5. The molecule has 1 unspecified atom stereocenters. The van der Waals surface area contributed by atoms with Gasteiger partial charge in [-0.3, -0.25) is 0 Å². The number of carbonyl (C=O) groups excluding carboxylic acids is 2. The first kappa shape index (κ1) is 28.1. The molecule has 0 saturated carbocycles. The van der Waals surface area contributed by atoms with Crippen molar-refractivity contribution >= 4 is 24.3 Å². The average Bonchev–Trinajstić information content (AvgIpc) is 2.78.